The molecule has 6 N–H and O–H groups in total. The SMILES string of the molecule is CC1(C(=O)Nc2cccc(NS(=O)(=O)c3cccc(C(N)=NC(=O)CCCCCN)c3)c2)CC1. The van der Waals surface area contributed by atoms with Gasteiger partial charge in [0.05, 0.1) is 10.6 Å². The van der Waals surface area contributed by atoms with Gasteiger partial charge in [-0.2, -0.15) is 4.99 Å². The Morgan fingerprint density at radius 3 is 2.44 bits per heavy atom. The first kappa shape index (κ1) is 25.4. The van der Waals surface area contributed by atoms with Crippen molar-refractivity contribution in [1.82, 2.24) is 0 Å². The van der Waals surface area contributed by atoms with E-state index in [-0.39, 0.29) is 34.4 Å². The van der Waals surface area contributed by atoms with Gasteiger partial charge in [0.2, 0.25) is 11.8 Å². The van der Waals surface area contributed by atoms with Crippen LogP contribution in [0, 0.1) is 5.41 Å². The third kappa shape index (κ3) is 6.88. The fraction of sp³-hybridized carbons (Fsp3) is 0.375. The van der Waals surface area contributed by atoms with E-state index in [0.29, 0.717) is 29.9 Å². The van der Waals surface area contributed by atoms with Crippen molar-refractivity contribution < 1.29 is 18.0 Å². The zero-order valence-corrected chi connectivity index (χ0v) is 20.0. The van der Waals surface area contributed by atoms with Crippen LogP contribution in [0.3, 0.4) is 0 Å². The lowest BCUT2D eigenvalue weighted by Crippen LogP contribution is -2.21. The Bertz CT molecular complexity index is 1190. The van der Waals surface area contributed by atoms with Crippen LogP contribution in [0.2, 0.25) is 0 Å². The Morgan fingerprint density at radius 2 is 1.74 bits per heavy atom. The maximum Gasteiger partial charge on any atom is 0.261 e. The molecule has 2 aromatic rings. The number of anilines is 2. The molecule has 0 unspecified atom stereocenters. The molecule has 0 bridgehead atoms. The largest absolute Gasteiger partial charge is 0.383 e. The Balaban J connectivity index is 1.69. The number of rotatable bonds is 11. The van der Waals surface area contributed by atoms with E-state index in [4.69, 9.17) is 11.5 Å². The quantitative estimate of drug-likeness (QED) is 0.218. The molecule has 0 spiro atoms. The van der Waals surface area contributed by atoms with E-state index in [1.165, 1.54) is 18.2 Å². The molecule has 34 heavy (non-hydrogen) atoms. The van der Waals surface area contributed by atoms with Crippen molar-refractivity contribution in [2.24, 2.45) is 21.9 Å². The highest BCUT2D eigenvalue weighted by molar-refractivity contribution is 7.92. The number of nitrogens with one attached hydrogen (secondary N) is 2. The van der Waals surface area contributed by atoms with Gasteiger partial charge in [0.25, 0.3) is 10.0 Å². The van der Waals surface area contributed by atoms with Gasteiger partial charge in [-0.3, -0.25) is 14.3 Å². The fourth-order valence-corrected chi connectivity index (χ4v) is 4.34. The van der Waals surface area contributed by atoms with Gasteiger partial charge >= 0.3 is 0 Å². The Morgan fingerprint density at radius 1 is 1.03 bits per heavy atom. The fourth-order valence-electron chi connectivity index (χ4n) is 3.25. The molecule has 1 fully saturated rings. The smallest absolute Gasteiger partial charge is 0.261 e. The zero-order valence-electron chi connectivity index (χ0n) is 19.2. The molecule has 3 rings (SSSR count). The summed E-state index contributed by atoms with van der Waals surface area (Å²) in [7, 11) is -3.95. The van der Waals surface area contributed by atoms with Crippen LogP contribution >= 0.6 is 0 Å². The number of unbranched alkanes of at least 4 members (excludes halogenated alkanes) is 2. The van der Waals surface area contributed by atoms with Crippen molar-refractivity contribution in [3.8, 4) is 0 Å². The van der Waals surface area contributed by atoms with Gasteiger partial charge in [-0.15, -0.1) is 0 Å². The third-order valence-corrected chi connectivity index (χ3v) is 7.08. The molecule has 2 aromatic carbocycles. The number of hydrogen-bond donors (Lipinski definition) is 4. The molecule has 2 amide bonds. The average Bonchev–Trinajstić information content (AvgIpc) is 3.55. The van der Waals surface area contributed by atoms with E-state index >= 15 is 0 Å². The highest BCUT2D eigenvalue weighted by Crippen LogP contribution is 2.45. The Labute approximate surface area is 200 Å². The van der Waals surface area contributed by atoms with Crippen LogP contribution in [0.25, 0.3) is 0 Å². The molecular formula is C24H31N5O4S. The second-order valence-corrected chi connectivity index (χ2v) is 10.4. The molecule has 9 nitrogen and oxygen atoms in total. The van der Waals surface area contributed by atoms with Gasteiger partial charge in [0.1, 0.15) is 5.84 Å². The van der Waals surface area contributed by atoms with E-state index in [0.717, 1.165) is 25.7 Å². The van der Waals surface area contributed by atoms with Crippen LogP contribution in [0.5, 0.6) is 0 Å². The molecular weight excluding hydrogens is 454 g/mol. The van der Waals surface area contributed by atoms with E-state index in [9.17, 15) is 18.0 Å². The summed E-state index contributed by atoms with van der Waals surface area (Å²) in [5.41, 5.74) is 12.2. The molecule has 182 valence electrons. The third-order valence-electron chi connectivity index (χ3n) is 5.70. The predicted octanol–water partition coefficient (Wildman–Crippen LogP) is 2.98. The maximum atomic E-state index is 12.9. The van der Waals surface area contributed by atoms with Crippen molar-refractivity contribution in [3.05, 3.63) is 54.1 Å². The van der Waals surface area contributed by atoms with Crippen molar-refractivity contribution in [2.75, 3.05) is 16.6 Å². The number of nitrogens with two attached hydrogens (primary N) is 2. The summed E-state index contributed by atoms with van der Waals surface area (Å²) in [5.74, 6) is -0.483. The molecule has 1 aliphatic rings. The number of amidine groups is 1. The van der Waals surface area contributed by atoms with Crippen molar-refractivity contribution in [2.45, 2.75) is 50.3 Å². The summed E-state index contributed by atoms with van der Waals surface area (Å²) in [6.07, 6.45) is 4.28. The Kier molecular flexibility index (Phi) is 8.06. The first-order chi connectivity index (χ1) is 16.1. The predicted molar refractivity (Wildman–Crippen MR) is 133 cm³/mol. The second-order valence-electron chi connectivity index (χ2n) is 8.72. The first-order valence-electron chi connectivity index (χ1n) is 11.2. The number of nitrogens with zero attached hydrogens (tertiary/aromatic N) is 1. The molecule has 10 heteroatoms. The number of aliphatic imine (C=N–C) groups is 1. The minimum absolute atomic E-state index is 0.0292. The van der Waals surface area contributed by atoms with Gasteiger partial charge in [-0.1, -0.05) is 31.5 Å². The highest BCUT2D eigenvalue weighted by Gasteiger charge is 2.44. The van der Waals surface area contributed by atoms with Gasteiger partial charge in [0, 0.05) is 23.1 Å². The van der Waals surface area contributed by atoms with Gasteiger partial charge in [0.15, 0.2) is 0 Å². The zero-order chi connectivity index (χ0) is 24.8. The number of sulfonamides is 1. The first-order valence-corrected chi connectivity index (χ1v) is 12.7. The number of carbonyl (C=O) groups is 2. The van der Waals surface area contributed by atoms with Crippen molar-refractivity contribution in [3.63, 3.8) is 0 Å². The van der Waals surface area contributed by atoms with Gasteiger partial charge in [-0.05, 0) is 62.6 Å². The van der Waals surface area contributed by atoms with Gasteiger partial charge in [-0.25, -0.2) is 8.42 Å². The lowest BCUT2D eigenvalue weighted by atomic mass is 10.1. The molecule has 0 heterocycles. The lowest BCUT2D eigenvalue weighted by molar-refractivity contribution is -0.120. The second kappa shape index (κ2) is 10.8. The summed E-state index contributed by atoms with van der Waals surface area (Å²) in [4.78, 5) is 28.2. The summed E-state index contributed by atoms with van der Waals surface area (Å²) < 4.78 is 28.4. The molecule has 0 saturated heterocycles. The van der Waals surface area contributed by atoms with E-state index in [2.05, 4.69) is 15.0 Å². The average molecular weight is 486 g/mol. The number of carbonyl (C=O) groups excluding carboxylic acids is 2. The van der Waals surface area contributed by atoms with Crippen LogP contribution in [-0.4, -0.2) is 32.6 Å². The summed E-state index contributed by atoms with van der Waals surface area (Å²) >= 11 is 0. The Hall–Kier alpha value is -3.24. The van der Waals surface area contributed by atoms with E-state index < -0.39 is 10.0 Å². The molecule has 1 aliphatic carbocycles. The monoisotopic (exact) mass is 485 g/mol. The van der Waals surface area contributed by atoms with Crippen LogP contribution in [-0.2, 0) is 19.6 Å². The summed E-state index contributed by atoms with van der Waals surface area (Å²) in [6, 6.07) is 12.4. The van der Waals surface area contributed by atoms with Crippen molar-refractivity contribution >= 4 is 39.0 Å². The maximum absolute atomic E-state index is 12.9. The number of hydrogen-bond acceptors (Lipinski definition) is 5. The molecule has 0 aromatic heterocycles. The van der Waals surface area contributed by atoms with Gasteiger partial charge < -0.3 is 16.8 Å². The topological polar surface area (TPSA) is 157 Å². The normalized spacial score (nSPS) is 14.9. The van der Waals surface area contributed by atoms with Crippen LogP contribution < -0.4 is 21.5 Å². The highest BCUT2D eigenvalue weighted by atomic mass is 32.2. The van der Waals surface area contributed by atoms with Crippen LogP contribution in [0.1, 0.15) is 51.0 Å². The number of amides is 2. The summed E-state index contributed by atoms with van der Waals surface area (Å²) in [5, 5.41) is 2.83. The molecule has 0 atom stereocenters. The molecule has 0 radical (unpaired) electrons. The summed E-state index contributed by atoms with van der Waals surface area (Å²) in [6.45, 7) is 2.47. The molecule has 0 aliphatic heterocycles. The van der Waals surface area contributed by atoms with E-state index in [1.807, 2.05) is 6.92 Å². The number of benzene rings is 2. The standard InChI is InChI=1S/C24H31N5O4S/c1-24(12-13-24)23(31)27-18-8-6-9-19(16-18)29-34(32,33)20-10-5-7-17(15-20)22(26)28-21(30)11-3-2-4-14-25/h5-10,15-16,29H,2-4,11-14,25H2,1H3,(H,27,31)(H2,26,28,30). The minimum Gasteiger partial charge on any atom is -0.383 e. The van der Waals surface area contributed by atoms with Crippen molar-refractivity contribution in [1.29, 1.82) is 0 Å². The van der Waals surface area contributed by atoms with E-state index in [1.54, 1.807) is 30.3 Å². The van der Waals surface area contributed by atoms with Crippen LogP contribution in [0.15, 0.2) is 58.4 Å². The molecule has 1 saturated carbocycles. The minimum atomic E-state index is -3.95. The lowest BCUT2D eigenvalue weighted by Gasteiger charge is -2.13. The van der Waals surface area contributed by atoms with Crippen LogP contribution in [0.4, 0.5) is 11.4 Å².